The average molecular weight is 414 g/mol. The molecule has 1 spiro atoms. The number of aromatic nitrogens is 1. The van der Waals surface area contributed by atoms with E-state index in [0.29, 0.717) is 37.4 Å². The molecule has 10 nitrogen and oxygen atoms in total. The van der Waals surface area contributed by atoms with Gasteiger partial charge in [-0.05, 0) is 25.0 Å². The van der Waals surface area contributed by atoms with Gasteiger partial charge in [0, 0.05) is 26.1 Å². The van der Waals surface area contributed by atoms with E-state index in [2.05, 4.69) is 20.9 Å². The van der Waals surface area contributed by atoms with Gasteiger partial charge in [-0.25, -0.2) is 9.78 Å². The van der Waals surface area contributed by atoms with E-state index in [1.54, 1.807) is 12.1 Å². The minimum atomic E-state index is -0.767. The lowest BCUT2D eigenvalue weighted by molar-refractivity contribution is -0.132. The van der Waals surface area contributed by atoms with Crippen LogP contribution in [-0.4, -0.2) is 65.4 Å². The van der Waals surface area contributed by atoms with Gasteiger partial charge in [-0.15, -0.1) is 0 Å². The first-order valence-electron chi connectivity index (χ1n) is 10.4. The summed E-state index contributed by atoms with van der Waals surface area (Å²) in [5, 5.41) is 8.34. The van der Waals surface area contributed by atoms with Crippen molar-refractivity contribution in [1.82, 2.24) is 20.5 Å². The van der Waals surface area contributed by atoms with Crippen molar-refractivity contribution in [2.75, 3.05) is 36.4 Å². The number of carbonyl (C=O) groups is 4. The van der Waals surface area contributed by atoms with Gasteiger partial charge in [-0.3, -0.25) is 19.3 Å². The van der Waals surface area contributed by atoms with Gasteiger partial charge < -0.3 is 20.9 Å². The van der Waals surface area contributed by atoms with Crippen LogP contribution in [0, 0.1) is 0 Å². The van der Waals surface area contributed by atoms with Crippen LogP contribution >= 0.6 is 0 Å². The number of pyridine rings is 1. The molecular weight excluding hydrogens is 388 g/mol. The molecule has 2 saturated heterocycles. The lowest BCUT2D eigenvalue weighted by atomic mass is 9.82. The Kier molecular flexibility index (Phi) is 5.56. The molecular formula is C20H26N6O4. The third kappa shape index (κ3) is 4.07. The lowest BCUT2D eigenvalue weighted by Crippen LogP contribution is -2.48. The summed E-state index contributed by atoms with van der Waals surface area (Å²) < 4.78 is 0. The molecule has 3 heterocycles. The normalized spacial score (nSPS) is 20.9. The first kappa shape index (κ1) is 20.1. The van der Waals surface area contributed by atoms with Gasteiger partial charge in [-0.2, -0.15) is 0 Å². The van der Waals surface area contributed by atoms with E-state index in [4.69, 9.17) is 0 Å². The summed E-state index contributed by atoms with van der Waals surface area (Å²) in [7, 11) is 0. The summed E-state index contributed by atoms with van der Waals surface area (Å²) in [6, 6.07) is 3.06. The van der Waals surface area contributed by atoms with E-state index < -0.39 is 11.6 Å². The Balaban J connectivity index is 1.29. The molecule has 10 heteroatoms. The Morgan fingerprint density at radius 1 is 1.17 bits per heavy atom. The number of rotatable bonds is 5. The Morgan fingerprint density at radius 3 is 2.67 bits per heavy atom. The average Bonchev–Trinajstić information content (AvgIpc) is 2.96. The zero-order chi connectivity index (χ0) is 21.1. The molecule has 1 aromatic heterocycles. The summed E-state index contributed by atoms with van der Waals surface area (Å²) in [4.78, 5) is 56.1. The summed E-state index contributed by atoms with van der Waals surface area (Å²) in [5.41, 5.74) is -0.247. The Morgan fingerprint density at radius 2 is 1.97 bits per heavy atom. The Labute approximate surface area is 174 Å². The van der Waals surface area contributed by atoms with Gasteiger partial charge in [0.15, 0.2) is 0 Å². The first-order valence-corrected chi connectivity index (χ1v) is 10.4. The summed E-state index contributed by atoms with van der Waals surface area (Å²) in [6.45, 7) is 1.56. The van der Waals surface area contributed by atoms with Crippen LogP contribution in [0.1, 0.15) is 38.5 Å². The maximum absolute atomic E-state index is 12.7. The number of anilines is 2. The molecule has 0 aromatic carbocycles. The van der Waals surface area contributed by atoms with Crippen LogP contribution in [0.25, 0.3) is 0 Å². The summed E-state index contributed by atoms with van der Waals surface area (Å²) in [6.07, 6.45) is 5.80. The molecule has 1 aliphatic carbocycles. The third-order valence-corrected chi connectivity index (χ3v) is 5.91. The number of nitrogens with one attached hydrogen (secondary N) is 3. The molecule has 1 aromatic rings. The van der Waals surface area contributed by atoms with Gasteiger partial charge in [0.2, 0.25) is 11.8 Å². The molecule has 0 radical (unpaired) electrons. The van der Waals surface area contributed by atoms with E-state index in [1.807, 2.05) is 4.90 Å². The van der Waals surface area contributed by atoms with E-state index in [1.165, 1.54) is 6.20 Å². The van der Waals surface area contributed by atoms with Crippen molar-refractivity contribution in [2.45, 2.75) is 44.1 Å². The molecule has 160 valence electrons. The minimum absolute atomic E-state index is 0.0172. The summed E-state index contributed by atoms with van der Waals surface area (Å²) >= 11 is 0. The van der Waals surface area contributed by atoms with Crippen molar-refractivity contribution in [1.29, 1.82) is 0 Å². The molecule has 0 bridgehead atoms. The highest BCUT2D eigenvalue weighted by molar-refractivity contribution is 6.07. The van der Waals surface area contributed by atoms with Crippen LogP contribution in [-0.2, 0) is 14.4 Å². The predicted octanol–water partition coefficient (Wildman–Crippen LogP) is 0.601. The third-order valence-electron chi connectivity index (χ3n) is 5.91. The van der Waals surface area contributed by atoms with Crippen LogP contribution in [0.4, 0.5) is 16.3 Å². The van der Waals surface area contributed by atoms with Gasteiger partial charge in [-0.1, -0.05) is 19.3 Å². The SMILES string of the molecule is O=C1CN(c2ccc(NC(=O)CCN3C(=O)NC4(CCCCC4)C3=O)cn2)CCN1. The quantitative estimate of drug-likeness (QED) is 0.606. The van der Waals surface area contributed by atoms with Crippen molar-refractivity contribution in [3.63, 3.8) is 0 Å². The minimum Gasteiger partial charge on any atom is -0.353 e. The number of hydrogen-bond donors (Lipinski definition) is 3. The molecule has 2 aliphatic heterocycles. The zero-order valence-corrected chi connectivity index (χ0v) is 16.8. The molecule has 4 rings (SSSR count). The van der Waals surface area contributed by atoms with Gasteiger partial charge >= 0.3 is 6.03 Å². The first-order chi connectivity index (χ1) is 14.5. The number of imide groups is 1. The predicted molar refractivity (Wildman–Crippen MR) is 109 cm³/mol. The van der Waals surface area contributed by atoms with E-state index in [0.717, 1.165) is 24.2 Å². The van der Waals surface area contributed by atoms with Gasteiger partial charge in [0.25, 0.3) is 5.91 Å². The highest BCUT2D eigenvalue weighted by Crippen LogP contribution is 2.33. The van der Waals surface area contributed by atoms with E-state index in [9.17, 15) is 19.2 Å². The Hall–Kier alpha value is -3.17. The highest BCUT2D eigenvalue weighted by atomic mass is 16.2. The van der Waals surface area contributed by atoms with E-state index in [-0.39, 0.29) is 37.2 Å². The molecule has 1 saturated carbocycles. The van der Waals surface area contributed by atoms with Crippen molar-refractivity contribution < 1.29 is 19.2 Å². The Bertz CT molecular complexity index is 849. The number of urea groups is 1. The number of carbonyl (C=O) groups excluding carboxylic acids is 4. The van der Waals surface area contributed by atoms with Crippen LogP contribution in [0.15, 0.2) is 18.3 Å². The maximum Gasteiger partial charge on any atom is 0.325 e. The van der Waals surface area contributed by atoms with E-state index >= 15 is 0 Å². The van der Waals surface area contributed by atoms with Crippen molar-refractivity contribution >= 4 is 35.3 Å². The smallest absolute Gasteiger partial charge is 0.325 e. The van der Waals surface area contributed by atoms with Crippen LogP contribution in [0.3, 0.4) is 0 Å². The number of piperazine rings is 1. The maximum atomic E-state index is 12.7. The highest BCUT2D eigenvalue weighted by Gasteiger charge is 2.51. The molecule has 3 N–H and O–H groups in total. The fraction of sp³-hybridized carbons (Fsp3) is 0.550. The molecule has 0 unspecified atom stereocenters. The topological polar surface area (TPSA) is 124 Å². The lowest BCUT2D eigenvalue weighted by Gasteiger charge is -2.30. The standard InChI is InChI=1S/C20H26N6O4/c27-16(6-10-26-18(29)20(24-19(26)30)7-2-1-3-8-20)23-14-4-5-15(22-12-14)25-11-9-21-17(28)13-25/h4-5,12H,1-3,6-11,13H2,(H,21,28)(H,23,27)(H,24,30). The molecule has 0 atom stereocenters. The molecule has 3 fully saturated rings. The zero-order valence-electron chi connectivity index (χ0n) is 16.8. The fourth-order valence-corrected chi connectivity index (χ4v) is 4.29. The number of hydrogen-bond acceptors (Lipinski definition) is 6. The van der Waals surface area contributed by atoms with Crippen molar-refractivity contribution in [2.24, 2.45) is 0 Å². The largest absolute Gasteiger partial charge is 0.353 e. The second-order valence-electron chi connectivity index (χ2n) is 8.00. The fourth-order valence-electron chi connectivity index (χ4n) is 4.29. The number of nitrogens with zero attached hydrogens (tertiary/aromatic N) is 3. The van der Waals surface area contributed by atoms with Crippen molar-refractivity contribution in [3.8, 4) is 0 Å². The van der Waals surface area contributed by atoms with Crippen LogP contribution in [0.5, 0.6) is 0 Å². The molecule has 3 aliphatic rings. The number of amides is 5. The molecule has 30 heavy (non-hydrogen) atoms. The van der Waals surface area contributed by atoms with Crippen LogP contribution < -0.4 is 20.9 Å². The second kappa shape index (κ2) is 8.29. The summed E-state index contributed by atoms with van der Waals surface area (Å²) in [5.74, 6) is 0.111. The second-order valence-corrected chi connectivity index (χ2v) is 8.00. The van der Waals surface area contributed by atoms with Gasteiger partial charge in [0.1, 0.15) is 11.4 Å². The molecule has 5 amide bonds. The van der Waals surface area contributed by atoms with Gasteiger partial charge in [0.05, 0.1) is 18.4 Å². The monoisotopic (exact) mass is 414 g/mol. The van der Waals surface area contributed by atoms with Crippen molar-refractivity contribution in [3.05, 3.63) is 18.3 Å². The van der Waals surface area contributed by atoms with Crippen LogP contribution in [0.2, 0.25) is 0 Å².